The van der Waals surface area contributed by atoms with E-state index in [0.29, 0.717) is 52.2 Å². The second-order valence-corrected chi connectivity index (χ2v) is 9.32. The summed E-state index contributed by atoms with van der Waals surface area (Å²) in [5, 5.41) is 6.97. The minimum Gasteiger partial charge on any atom is -0.497 e. The molecule has 4 rings (SSSR count). The first-order valence-electron chi connectivity index (χ1n) is 11.4. The highest BCUT2D eigenvalue weighted by Crippen LogP contribution is 2.33. The first-order valence-corrected chi connectivity index (χ1v) is 12.1. The summed E-state index contributed by atoms with van der Waals surface area (Å²) in [5.74, 6) is 1.33. The summed E-state index contributed by atoms with van der Waals surface area (Å²) in [4.78, 5) is 25.9. The third-order valence-corrected chi connectivity index (χ3v) is 6.64. The molecule has 3 aromatic carbocycles. The third kappa shape index (κ3) is 6.08. The van der Waals surface area contributed by atoms with Crippen molar-refractivity contribution in [3.8, 4) is 17.2 Å². The van der Waals surface area contributed by atoms with E-state index in [9.17, 15) is 9.59 Å². The molecule has 35 heavy (non-hydrogen) atoms. The van der Waals surface area contributed by atoms with Gasteiger partial charge in [0.15, 0.2) is 0 Å². The molecule has 3 aromatic rings. The maximum absolute atomic E-state index is 13.2. The van der Waals surface area contributed by atoms with Crippen LogP contribution < -0.4 is 20.1 Å². The summed E-state index contributed by atoms with van der Waals surface area (Å²) >= 11 is 12.2. The largest absolute Gasteiger partial charge is 0.497 e. The van der Waals surface area contributed by atoms with Crippen LogP contribution in [0.1, 0.15) is 41.6 Å². The number of methoxy groups -OCH3 is 1. The van der Waals surface area contributed by atoms with Crippen LogP contribution in [-0.4, -0.2) is 24.5 Å². The predicted molar refractivity (Wildman–Crippen MR) is 136 cm³/mol. The maximum atomic E-state index is 13.2. The second-order valence-electron chi connectivity index (χ2n) is 8.48. The van der Waals surface area contributed by atoms with Crippen molar-refractivity contribution in [2.45, 2.75) is 37.8 Å². The van der Waals surface area contributed by atoms with Crippen LogP contribution in [0.2, 0.25) is 10.0 Å². The van der Waals surface area contributed by atoms with Gasteiger partial charge in [0.05, 0.1) is 12.1 Å². The van der Waals surface area contributed by atoms with Crippen molar-refractivity contribution in [1.29, 1.82) is 0 Å². The van der Waals surface area contributed by atoms with E-state index in [1.807, 2.05) is 24.3 Å². The lowest BCUT2D eigenvalue weighted by atomic mass is 9.95. The van der Waals surface area contributed by atoms with Crippen molar-refractivity contribution in [1.82, 2.24) is 10.6 Å². The monoisotopic (exact) mass is 512 g/mol. The molecule has 0 atom stereocenters. The summed E-state index contributed by atoms with van der Waals surface area (Å²) in [5.41, 5.74) is 0.468. The molecule has 6 nitrogen and oxygen atoms in total. The highest BCUT2D eigenvalue weighted by molar-refractivity contribution is 6.32. The Labute approximate surface area is 214 Å². The molecule has 2 N–H and O–H groups in total. The van der Waals surface area contributed by atoms with Gasteiger partial charge in [-0.3, -0.25) is 9.59 Å². The van der Waals surface area contributed by atoms with Crippen LogP contribution in [-0.2, 0) is 11.3 Å². The van der Waals surface area contributed by atoms with Crippen LogP contribution in [0, 0.1) is 0 Å². The highest BCUT2D eigenvalue weighted by Gasteiger charge is 2.42. The standard InChI is InChI=1S/C27H26Cl2N2O4/c1-34-22-12-13-24(23(29)16-22)35-21-10-4-18(5-11-21)17-30-26(33)27(14-2-3-15-27)31-25(32)19-6-8-20(28)9-7-19/h4-13,16H,2-3,14-15,17H2,1H3,(H,30,33)(H,31,32). The van der Waals surface area contributed by atoms with Gasteiger partial charge in [-0.1, -0.05) is 48.2 Å². The summed E-state index contributed by atoms with van der Waals surface area (Å²) in [6.07, 6.45) is 2.98. The minimum atomic E-state index is -0.912. The fourth-order valence-corrected chi connectivity index (χ4v) is 4.46. The zero-order chi connectivity index (χ0) is 24.8. The lowest BCUT2D eigenvalue weighted by Gasteiger charge is -2.29. The summed E-state index contributed by atoms with van der Waals surface area (Å²) in [6.45, 7) is 0.334. The van der Waals surface area contributed by atoms with E-state index in [-0.39, 0.29) is 11.8 Å². The lowest BCUT2D eigenvalue weighted by molar-refractivity contribution is -0.127. The van der Waals surface area contributed by atoms with E-state index in [1.165, 1.54) is 0 Å². The number of nitrogens with one attached hydrogen (secondary N) is 2. The molecule has 182 valence electrons. The predicted octanol–water partition coefficient (Wildman–Crippen LogP) is 6.15. The van der Waals surface area contributed by atoms with Gasteiger partial charge in [-0.05, 0) is 66.9 Å². The van der Waals surface area contributed by atoms with E-state index < -0.39 is 5.54 Å². The molecule has 0 aliphatic heterocycles. The molecule has 1 fully saturated rings. The number of benzene rings is 3. The van der Waals surface area contributed by atoms with Crippen molar-refractivity contribution in [2.24, 2.45) is 0 Å². The van der Waals surface area contributed by atoms with Gasteiger partial charge < -0.3 is 20.1 Å². The average Bonchev–Trinajstić information content (AvgIpc) is 3.34. The van der Waals surface area contributed by atoms with E-state index in [4.69, 9.17) is 32.7 Å². The normalized spacial score (nSPS) is 14.3. The van der Waals surface area contributed by atoms with Gasteiger partial charge in [-0.15, -0.1) is 0 Å². The number of amides is 2. The minimum absolute atomic E-state index is 0.178. The Morgan fingerprint density at radius 3 is 2.20 bits per heavy atom. The molecule has 0 radical (unpaired) electrons. The van der Waals surface area contributed by atoms with Crippen molar-refractivity contribution in [2.75, 3.05) is 7.11 Å². The molecule has 0 bridgehead atoms. The Hall–Kier alpha value is -3.22. The van der Waals surface area contributed by atoms with Gasteiger partial charge in [0.2, 0.25) is 5.91 Å². The van der Waals surface area contributed by atoms with Gasteiger partial charge in [0.25, 0.3) is 5.91 Å². The van der Waals surface area contributed by atoms with Crippen molar-refractivity contribution < 1.29 is 19.1 Å². The van der Waals surface area contributed by atoms with Gasteiger partial charge >= 0.3 is 0 Å². The highest BCUT2D eigenvalue weighted by atomic mass is 35.5. The van der Waals surface area contributed by atoms with E-state index in [1.54, 1.807) is 49.6 Å². The molecule has 1 aliphatic carbocycles. The third-order valence-electron chi connectivity index (χ3n) is 6.09. The smallest absolute Gasteiger partial charge is 0.252 e. The van der Waals surface area contributed by atoms with Gasteiger partial charge in [-0.25, -0.2) is 0 Å². The van der Waals surface area contributed by atoms with Crippen molar-refractivity contribution in [3.63, 3.8) is 0 Å². The van der Waals surface area contributed by atoms with Crippen LogP contribution in [0.25, 0.3) is 0 Å². The Bertz CT molecular complexity index is 1190. The summed E-state index contributed by atoms with van der Waals surface area (Å²) < 4.78 is 11.0. The van der Waals surface area contributed by atoms with E-state index >= 15 is 0 Å². The molecule has 1 saturated carbocycles. The molecule has 8 heteroatoms. The Balaban J connectivity index is 1.36. The van der Waals surface area contributed by atoms with Gasteiger partial charge in [0.1, 0.15) is 22.8 Å². The van der Waals surface area contributed by atoms with Gasteiger partial charge in [-0.2, -0.15) is 0 Å². The van der Waals surface area contributed by atoms with Crippen LogP contribution in [0.3, 0.4) is 0 Å². The maximum Gasteiger partial charge on any atom is 0.252 e. The molecule has 0 spiro atoms. The molecule has 0 aromatic heterocycles. The molecule has 0 saturated heterocycles. The first kappa shape index (κ1) is 24.9. The number of carbonyl (C=O) groups is 2. The Morgan fingerprint density at radius 1 is 0.914 bits per heavy atom. The summed E-state index contributed by atoms with van der Waals surface area (Å²) in [6, 6.07) is 19.2. The van der Waals surface area contributed by atoms with Crippen LogP contribution in [0.15, 0.2) is 66.7 Å². The molecule has 2 amide bonds. The fourth-order valence-electron chi connectivity index (χ4n) is 4.12. The van der Waals surface area contributed by atoms with Crippen LogP contribution in [0.4, 0.5) is 0 Å². The van der Waals surface area contributed by atoms with E-state index in [2.05, 4.69) is 10.6 Å². The second kappa shape index (κ2) is 11.0. The number of halogens is 2. The van der Waals surface area contributed by atoms with Crippen molar-refractivity contribution >= 4 is 35.0 Å². The number of hydrogen-bond acceptors (Lipinski definition) is 4. The fraction of sp³-hybridized carbons (Fsp3) is 0.259. The number of ether oxygens (including phenoxy) is 2. The number of hydrogen-bond donors (Lipinski definition) is 2. The topological polar surface area (TPSA) is 76.7 Å². The zero-order valence-electron chi connectivity index (χ0n) is 19.3. The molecule has 1 aliphatic rings. The van der Waals surface area contributed by atoms with Crippen LogP contribution in [0.5, 0.6) is 17.2 Å². The van der Waals surface area contributed by atoms with Gasteiger partial charge in [0, 0.05) is 23.2 Å². The molecular weight excluding hydrogens is 487 g/mol. The van der Waals surface area contributed by atoms with Crippen molar-refractivity contribution in [3.05, 3.63) is 87.9 Å². The molecule has 0 unspecified atom stereocenters. The SMILES string of the molecule is COc1ccc(Oc2ccc(CNC(=O)C3(NC(=O)c4ccc(Cl)cc4)CCCC3)cc2)c(Cl)c1. The molecular formula is C27H26Cl2N2O4. The van der Waals surface area contributed by atoms with E-state index in [0.717, 1.165) is 18.4 Å². The quantitative estimate of drug-likeness (QED) is 0.379. The number of rotatable bonds is 8. The lowest BCUT2D eigenvalue weighted by Crippen LogP contribution is -2.57. The molecule has 0 heterocycles. The average molecular weight is 513 g/mol. The summed E-state index contributed by atoms with van der Waals surface area (Å²) in [7, 11) is 1.58. The number of carbonyl (C=O) groups excluding carboxylic acids is 2. The zero-order valence-corrected chi connectivity index (χ0v) is 20.8. The Morgan fingerprint density at radius 2 is 1.57 bits per heavy atom. The van der Waals surface area contributed by atoms with Crippen LogP contribution >= 0.6 is 23.2 Å². The first-order chi connectivity index (χ1) is 16.9. The Kier molecular flexibility index (Phi) is 7.83.